The number of hydrogen-bond donors (Lipinski definition) is 0. The van der Waals surface area contributed by atoms with E-state index < -0.39 is 24.2 Å². The number of unbranched alkanes of at least 4 members (excludes halogenated alkanes) is 2. The summed E-state index contributed by atoms with van der Waals surface area (Å²) in [5.74, 6) is 4.09. The van der Waals surface area contributed by atoms with Gasteiger partial charge in [0.25, 0.3) is 0 Å². The molecule has 2 aromatic carbocycles. The fourth-order valence-corrected chi connectivity index (χ4v) is 2.68. The predicted molar refractivity (Wildman–Crippen MR) is 103 cm³/mol. The molecule has 0 unspecified atom stereocenters. The van der Waals surface area contributed by atoms with Gasteiger partial charge in [-0.25, -0.2) is 8.78 Å². The molecule has 0 aliphatic carbocycles. The van der Waals surface area contributed by atoms with Crippen molar-refractivity contribution in [2.24, 2.45) is 0 Å². The lowest BCUT2D eigenvalue weighted by atomic mass is 10.0. The van der Waals surface area contributed by atoms with E-state index in [0.29, 0.717) is 5.56 Å². The summed E-state index contributed by atoms with van der Waals surface area (Å²) in [6.45, 7) is 1.87. The van der Waals surface area contributed by atoms with Gasteiger partial charge >= 0.3 is 6.18 Å². The number of aryl methyl sites for hydroxylation is 1. The lowest BCUT2D eigenvalue weighted by Crippen LogP contribution is -2.10. The van der Waals surface area contributed by atoms with Crippen molar-refractivity contribution in [3.05, 3.63) is 64.7 Å². The van der Waals surface area contributed by atoms with E-state index in [1.54, 1.807) is 6.07 Å². The molecule has 0 fully saturated rings. The molecular formula is C23H23F5O. The molecule has 0 atom stereocenters. The van der Waals surface area contributed by atoms with Crippen molar-refractivity contribution in [1.29, 1.82) is 0 Å². The molecule has 0 N–H and O–H groups in total. The van der Waals surface area contributed by atoms with Gasteiger partial charge in [0.05, 0.1) is 12.2 Å². The monoisotopic (exact) mass is 410 g/mol. The molecule has 29 heavy (non-hydrogen) atoms. The van der Waals surface area contributed by atoms with Crippen LogP contribution in [0, 0.1) is 23.5 Å². The van der Waals surface area contributed by atoms with Gasteiger partial charge in [-0.15, -0.1) is 0 Å². The highest BCUT2D eigenvalue weighted by Crippen LogP contribution is 2.23. The van der Waals surface area contributed by atoms with Gasteiger partial charge in [0.1, 0.15) is 5.82 Å². The maximum Gasteiger partial charge on any atom is 0.389 e. The third kappa shape index (κ3) is 8.15. The molecule has 1 nitrogen and oxygen atoms in total. The van der Waals surface area contributed by atoms with E-state index in [1.165, 1.54) is 18.2 Å². The first kappa shape index (κ1) is 22.7. The second-order valence-electron chi connectivity index (χ2n) is 6.73. The summed E-state index contributed by atoms with van der Waals surface area (Å²) < 4.78 is 69.5. The number of hydrogen-bond acceptors (Lipinski definition) is 1. The Bertz CT molecular complexity index is 862. The van der Waals surface area contributed by atoms with Crippen LogP contribution in [0.15, 0.2) is 36.4 Å². The highest BCUT2D eigenvalue weighted by atomic mass is 19.4. The summed E-state index contributed by atoms with van der Waals surface area (Å²) in [6.07, 6.45) is -1.49. The quantitative estimate of drug-likeness (QED) is 0.264. The molecule has 0 radical (unpaired) electrons. The van der Waals surface area contributed by atoms with Crippen LogP contribution in [0.2, 0.25) is 0 Å². The van der Waals surface area contributed by atoms with Crippen LogP contribution >= 0.6 is 0 Å². The van der Waals surface area contributed by atoms with Gasteiger partial charge in [-0.05, 0) is 55.2 Å². The Balaban J connectivity index is 1.97. The van der Waals surface area contributed by atoms with Gasteiger partial charge < -0.3 is 4.74 Å². The zero-order chi connectivity index (χ0) is 21.3. The molecule has 0 saturated heterocycles. The minimum Gasteiger partial charge on any atom is -0.491 e. The molecule has 0 aromatic heterocycles. The molecule has 156 valence electrons. The molecule has 0 spiro atoms. The summed E-state index contributed by atoms with van der Waals surface area (Å²) in [6, 6.07) is 8.81. The summed E-state index contributed by atoms with van der Waals surface area (Å²) in [5.41, 5.74) is 1.45. The van der Waals surface area contributed by atoms with Crippen molar-refractivity contribution in [2.75, 3.05) is 6.61 Å². The maximum atomic E-state index is 14.2. The average Bonchev–Trinajstić information content (AvgIpc) is 2.65. The Labute approximate surface area is 167 Å². The summed E-state index contributed by atoms with van der Waals surface area (Å²) in [7, 11) is 0. The largest absolute Gasteiger partial charge is 0.491 e. The van der Waals surface area contributed by atoms with Crippen LogP contribution in [-0.4, -0.2) is 12.8 Å². The lowest BCUT2D eigenvalue weighted by molar-refractivity contribution is -0.136. The lowest BCUT2D eigenvalue weighted by Gasteiger charge is -2.09. The number of ether oxygens (including phenoxy) is 1. The molecular weight excluding hydrogens is 387 g/mol. The highest BCUT2D eigenvalue weighted by Gasteiger charge is 2.26. The van der Waals surface area contributed by atoms with Crippen molar-refractivity contribution < 1.29 is 26.7 Å². The number of alkyl halides is 3. The first-order valence-electron chi connectivity index (χ1n) is 9.58. The van der Waals surface area contributed by atoms with Crippen LogP contribution < -0.4 is 4.74 Å². The van der Waals surface area contributed by atoms with Crippen LogP contribution in [0.5, 0.6) is 5.75 Å². The van der Waals surface area contributed by atoms with E-state index in [9.17, 15) is 22.0 Å². The van der Waals surface area contributed by atoms with E-state index in [-0.39, 0.29) is 24.3 Å². The second kappa shape index (κ2) is 10.8. The van der Waals surface area contributed by atoms with Crippen LogP contribution in [0.25, 0.3) is 0 Å². The first-order valence-corrected chi connectivity index (χ1v) is 9.58. The van der Waals surface area contributed by atoms with Crippen molar-refractivity contribution in [3.63, 3.8) is 0 Å². The third-order valence-electron chi connectivity index (χ3n) is 4.24. The Morgan fingerprint density at radius 2 is 1.69 bits per heavy atom. The van der Waals surface area contributed by atoms with Gasteiger partial charge in [0.2, 0.25) is 0 Å². The van der Waals surface area contributed by atoms with Crippen LogP contribution in [0.1, 0.15) is 55.7 Å². The Morgan fingerprint density at radius 1 is 0.897 bits per heavy atom. The molecule has 2 rings (SSSR count). The van der Waals surface area contributed by atoms with Crippen molar-refractivity contribution in [3.8, 4) is 17.6 Å². The Kier molecular flexibility index (Phi) is 8.50. The standard InChI is InChI=1S/C23H23F5O/c1-2-3-4-6-17-7-10-19(20(24)15-17)11-8-18-9-12-22(21(25)16-18)29-14-5-13-23(26,27)28/h7,9-10,12,15-16H,2-6,13-14H2,1H3. The molecule has 2 aromatic rings. The summed E-state index contributed by atoms with van der Waals surface area (Å²) in [4.78, 5) is 0. The molecule has 0 amide bonds. The second-order valence-corrected chi connectivity index (χ2v) is 6.73. The van der Waals surface area contributed by atoms with Gasteiger partial charge in [-0.2, -0.15) is 13.2 Å². The van der Waals surface area contributed by atoms with Gasteiger partial charge in [-0.1, -0.05) is 37.7 Å². The van der Waals surface area contributed by atoms with E-state index in [4.69, 9.17) is 4.74 Å². The molecule has 0 aliphatic heterocycles. The van der Waals surface area contributed by atoms with E-state index >= 15 is 0 Å². The molecule has 0 bridgehead atoms. The maximum absolute atomic E-state index is 14.2. The summed E-state index contributed by atoms with van der Waals surface area (Å²) >= 11 is 0. The number of halogens is 5. The normalized spacial score (nSPS) is 11.1. The van der Waals surface area contributed by atoms with E-state index in [1.807, 2.05) is 6.07 Å². The fraction of sp³-hybridized carbons (Fsp3) is 0.391. The summed E-state index contributed by atoms with van der Waals surface area (Å²) in [5, 5.41) is 0. The van der Waals surface area contributed by atoms with E-state index in [0.717, 1.165) is 37.3 Å². The third-order valence-corrected chi connectivity index (χ3v) is 4.24. The minimum atomic E-state index is -4.26. The topological polar surface area (TPSA) is 9.23 Å². The first-order chi connectivity index (χ1) is 13.8. The van der Waals surface area contributed by atoms with Gasteiger partial charge in [0.15, 0.2) is 11.6 Å². The van der Waals surface area contributed by atoms with Crippen molar-refractivity contribution >= 4 is 0 Å². The Hall–Kier alpha value is -2.55. The average molecular weight is 410 g/mol. The predicted octanol–water partition coefficient (Wildman–Crippen LogP) is 6.82. The van der Waals surface area contributed by atoms with Crippen LogP contribution in [0.4, 0.5) is 22.0 Å². The smallest absolute Gasteiger partial charge is 0.389 e. The molecule has 0 saturated carbocycles. The zero-order valence-electron chi connectivity index (χ0n) is 16.2. The number of benzene rings is 2. The van der Waals surface area contributed by atoms with Gasteiger partial charge in [0, 0.05) is 12.0 Å². The van der Waals surface area contributed by atoms with Crippen LogP contribution in [-0.2, 0) is 6.42 Å². The molecule has 0 aliphatic rings. The molecule has 0 heterocycles. The highest BCUT2D eigenvalue weighted by molar-refractivity contribution is 5.46. The molecule has 6 heteroatoms. The van der Waals surface area contributed by atoms with Crippen LogP contribution in [0.3, 0.4) is 0 Å². The van der Waals surface area contributed by atoms with Crippen molar-refractivity contribution in [2.45, 2.75) is 51.6 Å². The van der Waals surface area contributed by atoms with E-state index in [2.05, 4.69) is 18.8 Å². The van der Waals surface area contributed by atoms with Gasteiger partial charge in [-0.3, -0.25) is 0 Å². The Morgan fingerprint density at radius 3 is 2.34 bits per heavy atom. The minimum absolute atomic E-state index is 0.139. The van der Waals surface area contributed by atoms with Crippen molar-refractivity contribution in [1.82, 2.24) is 0 Å². The zero-order valence-corrected chi connectivity index (χ0v) is 16.2. The SMILES string of the molecule is CCCCCc1ccc(C#Cc2ccc(OCCCC(F)(F)F)c(F)c2)c(F)c1. The fourth-order valence-electron chi connectivity index (χ4n) is 2.68. The number of rotatable bonds is 8.